The number of amides is 1. The standard InChI is InChI=1S/C22H26N4O4/c1-15-19(16(2)30-24-15)14-29-20-8-7-17(12-21(20)28-3)22(27)25-10-4-6-18(13-25)26-11-5-9-23-26/h5,7-9,11-12,18H,4,6,10,13-14H2,1-3H3. The van der Waals surface area contributed by atoms with Gasteiger partial charge in [0.05, 0.1) is 24.4 Å². The van der Waals surface area contributed by atoms with Gasteiger partial charge in [-0.05, 0) is 51.0 Å². The number of ether oxygens (including phenoxy) is 2. The zero-order valence-electron chi connectivity index (χ0n) is 17.5. The maximum atomic E-state index is 13.1. The summed E-state index contributed by atoms with van der Waals surface area (Å²) in [6.45, 7) is 5.44. The number of carbonyl (C=O) groups excluding carboxylic acids is 1. The summed E-state index contributed by atoms with van der Waals surface area (Å²) in [7, 11) is 1.57. The van der Waals surface area contributed by atoms with Crippen molar-refractivity contribution in [3.05, 3.63) is 59.2 Å². The molecule has 1 fully saturated rings. The van der Waals surface area contributed by atoms with Gasteiger partial charge in [-0.3, -0.25) is 9.48 Å². The number of piperidine rings is 1. The zero-order valence-corrected chi connectivity index (χ0v) is 17.5. The summed E-state index contributed by atoms with van der Waals surface area (Å²) in [6, 6.07) is 7.41. The second kappa shape index (κ2) is 8.61. The maximum Gasteiger partial charge on any atom is 0.254 e. The molecule has 1 atom stereocenters. The number of aryl methyl sites for hydroxylation is 2. The maximum absolute atomic E-state index is 13.1. The van der Waals surface area contributed by atoms with Crippen molar-refractivity contribution in [3.8, 4) is 11.5 Å². The Labute approximate surface area is 175 Å². The van der Waals surface area contributed by atoms with Gasteiger partial charge in [0.1, 0.15) is 12.4 Å². The summed E-state index contributed by atoms with van der Waals surface area (Å²) in [6.07, 6.45) is 5.69. The second-order valence-electron chi connectivity index (χ2n) is 7.49. The van der Waals surface area contributed by atoms with Gasteiger partial charge < -0.3 is 18.9 Å². The molecule has 1 unspecified atom stereocenters. The summed E-state index contributed by atoms with van der Waals surface area (Å²) in [5.41, 5.74) is 2.29. The van der Waals surface area contributed by atoms with Gasteiger partial charge in [-0.2, -0.15) is 5.10 Å². The van der Waals surface area contributed by atoms with Crippen molar-refractivity contribution in [2.45, 2.75) is 39.3 Å². The van der Waals surface area contributed by atoms with Crippen LogP contribution >= 0.6 is 0 Å². The number of aromatic nitrogens is 3. The predicted molar refractivity (Wildman–Crippen MR) is 110 cm³/mol. The van der Waals surface area contributed by atoms with Gasteiger partial charge in [0.2, 0.25) is 0 Å². The Morgan fingerprint density at radius 1 is 1.30 bits per heavy atom. The van der Waals surface area contributed by atoms with Gasteiger partial charge in [0.15, 0.2) is 11.5 Å². The highest BCUT2D eigenvalue weighted by atomic mass is 16.5. The fourth-order valence-electron chi connectivity index (χ4n) is 3.81. The molecule has 8 nitrogen and oxygen atoms in total. The molecule has 0 radical (unpaired) electrons. The number of methoxy groups -OCH3 is 1. The lowest BCUT2D eigenvalue weighted by atomic mass is 10.0. The fourth-order valence-corrected chi connectivity index (χ4v) is 3.81. The second-order valence-corrected chi connectivity index (χ2v) is 7.49. The SMILES string of the molecule is COc1cc(C(=O)N2CCCC(n3cccn3)C2)ccc1OCc1c(C)noc1C. The molecule has 3 heterocycles. The molecule has 0 N–H and O–H groups in total. The zero-order chi connectivity index (χ0) is 21.1. The predicted octanol–water partition coefficient (Wildman–Crippen LogP) is 3.55. The molecule has 1 amide bonds. The number of carbonyl (C=O) groups is 1. The number of hydrogen-bond donors (Lipinski definition) is 0. The van der Waals surface area contributed by atoms with E-state index < -0.39 is 0 Å². The number of nitrogens with zero attached hydrogens (tertiary/aromatic N) is 4. The van der Waals surface area contributed by atoms with E-state index in [9.17, 15) is 4.79 Å². The molecule has 1 saturated heterocycles. The summed E-state index contributed by atoms with van der Waals surface area (Å²) >= 11 is 0. The lowest BCUT2D eigenvalue weighted by Gasteiger charge is -2.33. The van der Waals surface area contributed by atoms with Crippen LogP contribution in [0.1, 0.15) is 46.3 Å². The highest BCUT2D eigenvalue weighted by Crippen LogP contribution is 2.31. The first-order valence-corrected chi connectivity index (χ1v) is 10.1. The van der Waals surface area contributed by atoms with E-state index in [1.54, 1.807) is 31.5 Å². The van der Waals surface area contributed by atoms with E-state index in [1.807, 2.05) is 35.7 Å². The highest BCUT2D eigenvalue weighted by Gasteiger charge is 2.26. The highest BCUT2D eigenvalue weighted by molar-refractivity contribution is 5.95. The molecule has 4 rings (SSSR count). The summed E-state index contributed by atoms with van der Waals surface area (Å²) in [5.74, 6) is 1.81. The molecular formula is C22H26N4O4. The number of likely N-dealkylation sites (tertiary alicyclic amines) is 1. The Hall–Kier alpha value is -3.29. The van der Waals surface area contributed by atoms with E-state index >= 15 is 0 Å². The van der Waals surface area contributed by atoms with E-state index in [0.717, 1.165) is 36.4 Å². The van der Waals surface area contributed by atoms with Crippen molar-refractivity contribution in [2.75, 3.05) is 20.2 Å². The van der Waals surface area contributed by atoms with E-state index in [0.29, 0.717) is 30.2 Å². The Kier molecular flexibility index (Phi) is 5.74. The Morgan fingerprint density at radius 2 is 2.17 bits per heavy atom. The molecule has 30 heavy (non-hydrogen) atoms. The van der Waals surface area contributed by atoms with Crippen molar-refractivity contribution in [3.63, 3.8) is 0 Å². The molecule has 0 saturated carbocycles. The van der Waals surface area contributed by atoms with Crippen LogP contribution in [0.5, 0.6) is 11.5 Å². The molecule has 1 aromatic carbocycles. The van der Waals surface area contributed by atoms with Gasteiger partial charge in [0.25, 0.3) is 5.91 Å². The average Bonchev–Trinajstić information content (AvgIpc) is 3.42. The smallest absolute Gasteiger partial charge is 0.254 e. The van der Waals surface area contributed by atoms with Crippen molar-refractivity contribution in [1.29, 1.82) is 0 Å². The molecule has 0 spiro atoms. The van der Waals surface area contributed by atoms with E-state index in [4.69, 9.17) is 14.0 Å². The van der Waals surface area contributed by atoms with Crippen LogP contribution in [0.3, 0.4) is 0 Å². The van der Waals surface area contributed by atoms with Crippen LogP contribution in [0.2, 0.25) is 0 Å². The number of hydrogen-bond acceptors (Lipinski definition) is 6. The van der Waals surface area contributed by atoms with Gasteiger partial charge in [0, 0.05) is 31.0 Å². The van der Waals surface area contributed by atoms with Crippen LogP contribution < -0.4 is 9.47 Å². The Bertz CT molecular complexity index is 993. The summed E-state index contributed by atoms with van der Waals surface area (Å²) in [4.78, 5) is 15.0. The minimum Gasteiger partial charge on any atom is -0.493 e. The lowest BCUT2D eigenvalue weighted by molar-refractivity contribution is 0.0672. The molecule has 3 aromatic rings. The Balaban J connectivity index is 1.47. The number of benzene rings is 1. The monoisotopic (exact) mass is 410 g/mol. The number of rotatable bonds is 6. The molecule has 0 aliphatic carbocycles. The molecular weight excluding hydrogens is 384 g/mol. The van der Waals surface area contributed by atoms with Crippen molar-refractivity contribution < 1.29 is 18.8 Å². The third-order valence-electron chi connectivity index (χ3n) is 5.55. The normalized spacial score (nSPS) is 16.5. The fraction of sp³-hybridized carbons (Fsp3) is 0.409. The summed E-state index contributed by atoms with van der Waals surface area (Å²) in [5, 5.41) is 8.27. The van der Waals surface area contributed by atoms with Gasteiger partial charge in [-0.1, -0.05) is 5.16 Å². The first-order chi connectivity index (χ1) is 14.6. The van der Waals surface area contributed by atoms with Crippen LogP contribution in [0.15, 0.2) is 41.2 Å². The first kappa shape index (κ1) is 20.0. The molecule has 2 aromatic heterocycles. The molecule has 0 bridgehead atoms. The van der Waals surface area contributed by atoms with Crippen molar-refractivity contribution in [2.24, 2.45) is 0 Å². The molecule has 1 aliphatic rings. The van der Waals surface area contributed by atoms with Crippen LogP contribution in [0, 0.1) is 13.8 Å². The quantitative estimate of drug-likeness (QED) is 0.618. The van der Waals surface area contributed by atoms with E-state index in [2.05, 4.69) is 10.3 Å². The van der Waals surface area contributed by atoms with Crippen LogP contribution in [-0.4, -0.2) is 45.9 Å². The third kappa shape index (κ3) is 4.03. The Morgan fingerprint density at radius 3 is 2.87 bits per heavy atom. The topological polar surface area (TPSA) is 82.6 Å². The lowest BCUT2D eigenvalue weighted by Crippen LogP contribution is -2.40. The summed E-state index contributed by atoms with van der Waals surface area (Å²) < 4.78 is 18.5. The van der Waals surface area contributed by atoms with Crippen molar-refractivity contribution in [1.82, 2.24) is 19.8 Å². The minimum atomic E-state index is -0.0116. The van der Waals surface area contributed by atoms with Crippen LogP contribution in [0.25, 0.3) is 0 Å². The molecule has 158 valence electrons. The van der Waals surface area contributed by atoms with Gasteiger partial charge in [-0.25, -0.2) is 0 Å². The van der Waals surface area contributed by atoms with Gasteiger partial charge in [-0.15, -0.1) is 0 Å². The first-order valence-electron chi connectivity index (χ1n) is 10.1. The van der Waals surface area contributed by atoms with Crippen LogP contribution in [0.4, 0.5) is 0 Å². The van der Waals surface area contributed by atoms with E-state index in [-0.39, 0.29) is 11.9 Å². The van der Waals surface area contributed by atoms with E-state index in [1.165, 1.54) is 0 Å². The molecule has 8 heteroatoms. The minimum absolute atomic E-state index is 0.0116. The molecule has 1 aliphatic heterocycles. The largest absolute Gasteiger partial charge is 0.493 e. The average molecular weight is 410 g/mol. The van der Waals surface area contributed by atoms with Crippen LogP contribution in [-0.2, 0) is 6.61 Å². The van der Waals surface area contributed by atoms with Crippen molar-refractivity contribution >= 4 is 5.91 Å². The third-order valence-corrected chi connectivity index (χ3v) is 5.55. The van der Waals surface area contributed by atoms with Gasteiger partial charge >= 0.3 is 0 Å².